The van der Waals surface area contributed by atoms with Crippen molar-refractivity contribution in [3.05, 3.63) is 52.0 Å². The van der Waals surface area contributed by atoms with Crippen LogP contribution in [0.1, 0.15) is 23.7 Å². The molecule has 9 nitrogen and oxygen atoms in total. The van der Waals surface area contributed by atoms with E-state index in [-0.39, 0.29) is 42.4 Å². The number of rotatable bonds is 9. The summed E-state index contributed by atoms with van der Waals surface area (Å²) in [6.07, 6.45) is 0.574. The molecule has 1 heterocycles. The van der Waals surface area contributed by atoms with Crippen LogP contribution >= 0.6 is 23.2 Å². The van der Waals surface area contributed by atoms with Crippen LogP contribution < -0.4 is 10.1 Å². The van der Waals surface area contributed by atoms with Crippen LogP contribution in [0.2, 0.25) is 10.0 Å². The van der Waals surface area contributed by atoms with Gasteiger partial charge in [0.05, 0.1) is 41.5 Å². The van der Waals surface area contributed by atoms with Crippen LogP contribution in [0.25, 0.3) is 0 Å². The SMILES string of the molecule is CCCN(CC(=O)Nc1cc(Cl)ccc1Cl)C(=O)c1cc(S(=O)(=O)N2CCOCC2)ccc1OC. The number of anilines is 1. The first-order valence-corrected chi connectivity index (χ1v) is 13.2. The number of nitrogens with zero attached hydrogens (tertiary/aromatic N) is 2. The van der Waals surface area contributed by atoms with E-state index in [0.717, 1.165) is 0 Å². The first-order chi connectivity index (χ1) is 16.7. The molecule has 190 valence electrons. The Morgan fingerprint density at radius 1 is 1.14 bits per heavy atom. The van der Waals surface area contributed by atoms with E-state index in [0.29, 0.717) is 35.4 Å². The lowest BCUT2D eigenvalue weighted by Gasteiger charge is -2.27. The van der Waals surface area contributed by atoms with Crippen molar-refractivity contribution in [1.82, 2.24) is 9.21 Å². The Bertz CT molecular complexity index is 1190. The van der Waals surface area contributed by atoms with Gasteiger partial charge in [-0.15, -0.1) is 0 Å². The number of carbonyl (C=O) groups excluding carboxylic acids is 2. The molecule has 0 unspecified atom stereocenters. The molecule has 0 spiro atoms. The summed E-state index contributed by atoms with van der Waals surface area (Å²) in [5, 5.41) is 3.36. The van der Waals surface area contributed by atoms with Crippen LogP contribution in [-0.4, -0.2) is 75.9 Å². The molecule has 0 bridgehead atoms. The zero-order chi connectivity index (χ0) is 25.6. The van der Waals surface area contributed by atoms with Gasteiger partial charge in [-0.05, 0) is 42.8 Å². The number of nitrogens with one attached hydrogen (secondary N) is 1. The zero-order valence-corrected chi connectivity index (χ0v) is 21.8. The van der Waals surface area contributed by atoms with Gasteiger partial charge >= 0.3 is 0 Å². The number of benzene rings is 2. The smallest absolute Gasteiger partial charge is 0.258 e. The average Bonchev–Trinajstić information content (AvgIpc) is 2.85. The normalized spacial score (nSPS) is 14.4. The van der Waals surface area contributed by atoms with Crippen LogP contribution in [-0.2, 0) is 19.6 Å². The fourth-order valence-corrected chi connectivity index (χ4v) is 5.37. The van der Waals surface area contributed by atoms with Crippen molar-refractivity contribution < 1.29 is 27.5 Å². The van der Waals surface area contributed by atoms with Crippen molar-refractivity contribution in [3.63, 3.8) is 0 Å². The molecule has 0 saturated carbocycles. The molecular weight excluding hydrogens is 517 g/mol. The third kappa shape index (κ3) is 6.65. The van der Waals surface area contributed by atoms with Gasteiger partial charge in [0, 0.05) is 24.7 Å². The third-order valence-corrected chi connectivity index (χ3v) is 7.79. The number of hydrogen-bond donors (Lipinski definition) is 1. The molecular formula is C23H27Cl2N3O6S. The first kappa shape index (κ1) is 27.2. The molecule has 35 heavy (non-hydrogen) atoms. The quantitative estimate of drug-likeness (QED) is 0.518. The molecule has 0 aliphatic carbocycles. The minimum Gasteiger partial charge on any atom is -0.496 e. The Morgan fingerprint density at radius 2 is 1.86 bits per heavy atom. The molecule has 1 fully saturated rings. The second kappa shape index (κ2) is 12.0. The number of amides is 2. The van der Waals surface area contributed by atoms with Crippen molar-refractivity contribution >= 4 is 50.7 Å². The Morgan fingerprint density at radius 3 is 2.51 bits per heavy atom. The summed E-state index contributed by atoms with van der Waals surface area (Å²) in [7, 11) is -2.44. The highest BCUT2D eigenvalue weighted by Gasteiger charge is 2.29. The van der Waals surface area contributed by atoms with Gasteiger partial charge in [0.25, 0.3) is 5.91 Å². The van der Waals surface area contributed by atoms with Crippen molar-refractivity contribution in [2.45, 2.75) is 18.2 Å². The number of carbonyl (C=O) groups is 2. The van der Waals surface area contributed by atoms with E-state index in [1.54, 1.807) is 12.1 Å². The fourth-order valence-electron chi connectivity index (χ4n) is 3.60. The predicted molar refractivity (Wildman–Crippen MR) is 134 cm³/mol. The van der Waals surface area contributed by atoms with Gasteiger partial charge in [-0.1, -0.05) is 30.1 Å². The number of methoxy groups -OCH3 is 1. The summed E-state index contributed by atoms with van der Waals surface area (Å²) in [4.78, 5) is 27.5. The van der Waals surface area contributed by atoms with Crippen LogP contribution in [0.3, 0.4) is 0 Å². The van der Waals surface area contributed by atoms with Gasteiger partial charge in [0.15, 0.2) is 0 Å². The lowest BCUT2D eigenvalue weighted by atomic mass is 10.1. The molecule has 2 aromatic rings. The van der Waals surface area contributed by atoms with Crippen LogP contribution in [0, 0.1) is 0 Å². The van der Waals surface area contributed by atoms with Gasteiger partial charge in [0.2, 0.25) is 15.9 Å². The highest BCUT2D eigenvalue weighted by Crippen LogP contribution is 2.27. The molecule has 0 atom stereocenters. The van der Waals surface area contributed by atoms with Crippen LogP contribution in [0.4, 0.5) is 5.69 Å². The topological polar surface area (TPSA) is 105 Å². The molecule has 0 aromatic heterocycles. The minimum absolute atomic E-state index is 0.0323. The molecule has 1 saturated heterocycles. The first-order valence-electron chi connectivity index (χ1n) is 11.0. The number of morpholine rings is 1. The largest absolute Gasteiger partial charge is 0.496 e. The van der Waals surface area contributed by atoms with Crippen molar-refractivity contribution in [2.75, 3.05) is 51.8 Å². The Kier molecular flexibility index (Phi) is 9.37. The molecule has 12 heteroatoms. The van der Waals surface area contributed by atoms with Gasteiger partial charge < -0.3 is 19.7 Å². The average molecular weight is 544 g/mol. The monoisotopic (exact) mass is 543 g/mol. The maximum atomic E-state index is 13.5. The number of ether oxygens (including phenoxy) is 2. The van der Waals surface area contributed by atoms with Crippen LogP contribution in [0.15, 0.2) is 41.3 Å². The Balaban J connectivity index is 1.86. The minimum atomic E-state index is -3.83. The lowest BCUT2D eigenvalue weighted by molar-refractivity contribution is -0.116. The second-order valence-corrected chi connectivity index (χ2v) is 10.6. The molecule has 0 radical (unpaired) electrons. The number of hydrogen-bond acceptors (Lipinski definition) is 6. The van der Waals surface area contributed by atoms with Gasteiger partial charge in [0.1, 0.15) is 12.3 Å². The maximum absolute atomic E-state index is 13.5. The maximum Gasteiger partial charge on any atom is 0.258 e. The van der Waals surface area contributed by atoms with Gasteiger partial charge in [-0.2, -0.15) is 4.31 Å². The molecule has 1 aliphatic rings. The summed E-state index contributed by atoms with van der Waals surface area (Å²) in [5.41, 5.74) is 0.369. The van der Waals surface area contributed by atoms with E-state index in [4.69, 9.17) is 32.7 Å². The lowest BCUT2D eigenvalue weighted by Crippen LogP contribution is -2.41. The predicted octanol–water partition coefficient (Wildman–Crippen LogP) is 3.51. The van der Waals surface area contributed by atoms with Crippen molar-refractivity contribution in [2.24, 2.45) is 0 Å². The fraction of sp³-hybridized carbons (Fsp3) is 0.391. The third-order valence-electron chi connectivity index (χ3n) is 5.33. The van der Waals surface area contributed by atoms with E-state index in [2.05, 4.69) is 5.32 Å². The molecule has 1 aliphatic heterocycles. The Labute approximate surface area is 214 Å². The highest BCUT2D eigenvalue weighted by molar-refractivity contribution is 7.89. The van der Waals surface area contributed by atoms with E-state index >= 15 is 0 Å². The van der Waals surface area contributed by atoms with Gasteiger partial charge in [-0.25, -0.2) is 8.42 Å². The Hall–Kier alpha value is -2.37. The molecule has 2 amide bonds. The van der Waals surface area contributed by atoms with E-state index in [9.17, 15) is 18.0 Å². The van der Waals surface area contributed by atoms with E-state index in [1.165, 1.54) is 40.6 Å². The number of sulfonamides is 1. The highest BCUT2D eigenvalue weighted by atomic mass is 35.5. The summed E-state index contributed by atoms with van der Waals surface area (Å²) < 4.78 is 38.1. The van der Waals surface area contributed by atoms with Crippen molar-refractivity contribution in [3.8, 4) is 5.75 Å². The number of halogens is 2. The summed E-state index contributed by atoms with van der Waals surface area (Å²) in [5.74, 6) is -0.808. The molecule has 3 rings (SSSR count). The standard InChI is InChI=1S/C23H27Cl2N3O6S/c1-3-8-27(15-22(29)26-20-13-16(24)4-6-19(20)25)23(30)18-14-17(5-7-21(18)33-2)35(31,32)28-9-11-34-12-10-28/h4-7,13-14H,3,8-12,15H2,1-2H3,(H,26,29). The second-order valence-electron chi connectivity index (χ2n) is 7.78. The summed E-state index contributed by atoms with van der Waals surface area (Å²) >= 11 is 12.1. The van der Waals surface area contributed by atoms with Gasteiger partial charge in [-0.3, -0.25) is 9.59 Å². The summed E-state index contributed by atoms with van der Waals surface area (Å²) in [6, 6.07) is 8.79. The van der Waals surface area contributed by atoms with Crippen LogP contribution in [0.5, 0.6) is 5.75 Å². The molecule has 2 aromatic carbocycles. The van der Waals surface area contributed by atoms with Crippen molar-refractivity contribution in [1.29, 1.82) is 0 Å². The zero-order valence-electron chi connectivity index (χ0n) is 19.4. The molecule has 1 N–H and O–H groups in total. The van der Waals surface area contributed by atoms with E-state index < -0.39 is 21.8 Å². The van der Waals surface area contributed by atoms with E-state index in [1.807, 2.05) is 6.92 Å². The summed E-state index contributed by atoms with van der Waals surface area (Å²) in [6.45, 7) is 2.91.